The summed E-state index contributed by atoms with van der Waals surface area (Å²) in [6, 6.07) is 0. The van der Waals surface area contributed by atoms with E-state index in [2.05, 4.69) is 6.92 Å². The van der Waals surface area contributed by atoms with E-state index >= 15 is 0 Å². The van der Waals surface area contributed by atoms with Crippen molar-refractivity contribution in [3.63, 3.8) is 0 Å². The molecule has 1 unspecified atom stereocenters. The minimum atomic E-state index is -4.87. The Balaban J connectivity index is 0. The molecule has 0 heterocycles. The number of hydrogen-bond donors (Lipinski definition) is 2. The SMILES string of the molecule is CCCCCCCCCCCC(=O)C(C(=O)O)S(=O)(=O)O.[Na]. The van der Waals surface area contributed by atoms with Crippen LogP contribution >= 0.6 is 0 Å². The number of unbranched alkanes of at least 4 members (excludes halogenated alkanes) is 8. The van der Waals surface area contributed by atoms with Gasteiger partial charge in [0.2, 0.25) is 5.25 Å². The van der Waals surface area contributed by atoms with Crippen LogP contribution in [0.3, 0.4) is 0 Å². The molecule has 0 aromatic rings. The number of carbonyl (C=O) groups excluding carboxylic acids is 1. The molecule has 0 spiro atoms. The molecule has 1 atom stereocenters. The predicted octanol–water partition coefficient (Wildman–Crippen LogP) is 2.44. The summed E-state index contributed by atoms with van der Waals surface area (Å²) in [6.45, 7) is 2.16. The molecule has 0 rings (SSSR count). The second kappa shape index (κ2) is 13.5. The fraction of sp³-hybridized carbons (Fsp3) is 0.857. The first-order valence-corrected chi connectivity index (χ1v) is 9.02. The summed E-state index contributed by atoms with van der Waals surface area (Å²) < 4.78 is 30.4. The Hall–Kier alpha value is 0.0500. The fourth-order valence-corrected chi connectivity index (χ4v) is 2.88. The van der Waals surface area contributed by atoms with E-state index in [-0.39, 0.29) is 36.0 Å². The third kappa shape index (κ3) is 11.6. The van der Waals surface area contributed by atoms with Crippen molar-refractivity contribution in [3.05, 3.63) is 0 Å². The molecule has 0 saturated carbocycles. The largest absolute Gasteiger partial charge is 0.480 e. The first-order chi connectivity index (χ1) is 9.80. The van der Waals surface area contributed by atoms with Crippen molar-refractivity contribution >= 4 is 51.4 Å². The van der Waals surface area contributed by atoms with Gasteiger partial charge in [-0.3, -0.25) is 14.1 Å². The second-order valence-electron chi connectivity index (χ2n) is 5.28. The number of ketones is 1. The summed E-state index contributed by atoms with van der Waals surface area (Å²) in [7, 11) is -4.87. The molecule has 0 fully saturated rings. The molecule has 0 aliphatic rings. The topological polar surface area (TPSA) is 109 Å². The molecule has 2 N–H and O–H groups in total. The van der Waals surface area contributed by atoms with E-state index in [1.807, 2.05) is 0 Å². The zero-order valence-electron chi connectivity index (χ0n) is 13.6. The standard InChI is InChI=1S/C14H26O6S.Na/c1-2-3-4-5-6-7-8-9-10-11-12(15)13(14(16)17)21(18,19)20;/h13H,2-11H2,1H3,(H,16,17)(H,18,19,20);. The molecular weight excluding hydrogens is 319 g/mol. The normalized spacial score (nSPS) is 12.5. The zero-order chi connectivity index (χ0) is 16.3. The first kappa shape index (κ1) is 24.3. The molecule has 8 heteroatoms. The van der Waals surface area contributed by atoms with Gasteiger partial charge >= 0.3 is 5.97 Å². The van der Waals surface area contributed by atoms with Gasteiger partial charge in [0.05, 0.1) is 0 Å². The van der Waals surface area contributed by atoms with Gasteiger partial charge in [-0.05, 0) is 6.42 Å². The smallest absolute Gasteiger partial charge is 0.332 e. The average molecular weight is 345 g/mol. The van der Waals surface area contributed by atoms with Crippen LogP contribution in [0.25, 0.3) is 0 Å². The van der Waals surface area contributed by atoms with Crippen LogP contribution < -0.4 is 0 Å². The quantitative estimate of drug-likeness (QED) is 0.230. The fourth-order valence-electron chi connectivity index (χ4n) is 2.17. The Bertz CT molecular complexity index is 421. The van der Waals surface area contributed by atoms with Crippen molar-refractivity contribution in [2.75, 3.05) is 0 Å². The minimum absolute atomic E-state index is 0. The summed E-state index contributed by atoms with van der Waals surface area (Å²) in [5.74, 6) is -2.77. The van der Waals surface area contributed by atoms with Gasteiger partial charge in [0.15, 0.2) is 5.78 Å². The van der Waals surface area contributed by atoms with Crippen molar-refractivity contribution in [3.8, 4) is 0 Å². The van der Waals surface area contributed by atoms with Gasteiger partial charge in [0.25, 0.3) is 10.1 Å². The van der Waals surface area contributed by atoms with Crippen molar-refractivity contribution in [2.24, 2.45) is 0 Å². The minimum Gasteiger partial charge on any atom is -0.480 e. The molecule has 6 nitrogen and oxygen atoms in total. The molecule has 1 radical (unpaired) electrons. The van der Waals surface area contributed by atoms with Crippen molar-refractivity contribution in [1.82, 2.24) is 0 Å². The molecule has 0 amide bonds. The van der Waals surface area contributed by atoms with Crippen molar-refractivity contribution in [1.29, 1.82) is 0 Å². The van der Waals surface area contributed by atoms with E-state index < -0.39 is 27.1 Å². The average Bonchev–Trinajstić information content (AvgIpc) is 2.34. The van der Waals surface area contributed by atoms with Gasteiger partial charge in [-0.15, -0.1) is 0 Å². The van der Waals surface area contributed by atoms with E-state index in [1.54, 1.807) is 0 Å². The number of aliphatic carboxylic acids is 1. The Morgan fingerprint density at radius 2 is 1.32 bits per heavy atom. The van der Waals surface area contributed by atoms with Gasteiger partial charge in [0.1, 0.15) is 0 Å². The van der Waals surface area contributed by atoms with Gasteiger partial charge in [-0.25, -0.2) is 0 Å². The second-order valence-corrected chi connectivity index (χ2v) is 6.78. The van der Waals surface area contributed by atoms with Gasteiger partial charge < -0.3 is 5.11 Å². The molecule has 0 aromatic carbocycles. The summed E-state index contributed by atoms with van der Waals surface area (Å²) in [6.07, 6.45) is 9.15. The van der Waals surface area contributed by atoms with E-state index in [0.717, 1.165) is 25.7 Å². The molecule has 0 aromatic heterocycles. The maximum absolute atomic E-state index is 11.5. The Labute approximate surface area is 155 Å². The Morgan fingerprint density at radius 3 is 1.68 bits per heavy atom. The van der Waals surface area contributed by atoms with Crippen LogP contribution in [0.4, 0.5) is 0 Å². The molecule has 125 valence electrons. The van der Waals surface area contributed by atoms with Crippen LogP contribution in [0.5, 0.6) is 0 Å². The van der Waals surface area contributed by atoms with Crippen LogP contribution in [-0.4, -0.2) is 64.6 Å². The number of Topliss-reactive ketones (excluding diaryl/α,β-unsaturated/α-hetero) is 1. The number of carboxylic acids is 1. The van der Waals surface area contributed by atoms with Crippen molar-refractivity contribution in [2.45, 2.75) is 76.4 Å². The van der Waals surface area contributed by atoms with E-state index in [4.69, 9.17) is 9.66 Å². The van der Waals surface area contributed by atoms with Crippen molar-refractivity contribution < 1.29 is 27.7 Å². The Morgan fingerprint density at radius 1 is 0.909 bits per heavy atom. The van der Waals surface area contributed by atoms with Gasteiger partial charge in [-0.1, -0.05) is 58.3 Å². The summed E-state index contributed by atoms with van der Waals surface area (Å²) in [4.78, 5) is 22.2. The molecular formula is C14H26NaO6S. The molecule has 0 saturated heterocycles. The molecule has 22 heavy (non-hydrogen) atoms. The van der Waals surface area contributed by atoms with E-state index in [9.17, 15) is 18.0 Å². The predicted molar refractivity (Wildman–Crippen MR) is 85.6 cm³/mol. The van der Waals surface area contributed by atoms with E-state index in [1.165, 1.54) is 25.7 Å². The van der Waals surface area contributed by atoms with Crippen LogP contribution in [-0.2, 0) is 19.7 Å². The molecule has 0 aliphatic heterocycles. The van der Waals surface area contributed by atoms with Gasteiger partial charge in [0, 0.05) is 36.0 Å². The first-order valence-electron chi connectivity index (χ1n) is 7.52. The number of hydrogen-bond acceptors (Lipinski definition) is 4. The number of rotatable bonds is 13. The third-order valence-corrected chi connectivity index (χ3v) is 4.40. The zero-order valence-corrected chi connectivity index (χ0v) is 16.4. The monoisotopic (exact) mass is 345 g/mol. The summed E-state index contributed by atoms with van der Waals surface area (Å²) in [5, 5.41) is 6.32. The maximum atomic E-state index is 11.5. The van der Waals surface area contributed by atoms with Gasteiger partial charge in [-0.2, -0.15) is 8.42 Å². The van der Waals surface area contributed by atoms with E-state index in [0.29, 0.717) is 6.42 Å². The summed E-state index contributed by atoms with van der Waals surface area (Å²) in [5.41, 5.74) is 0. The Kier molecular flexibility index (Phi) is 14.9. The maximum Gasteiger partial charge on any atom is 0.332 e. The molecule has 0 aliphatic carbocycles. The number of carbonyl (C=O) groups is 2. The van der Waals surface area contributed by atoms with Crippen LogP contribution in [0.15, 0.2) is 0 Å². The summed E-state index contributed by atoms with van der Waals surface area (Å²) >= 11 is 0. The van der Waals surface area contributed by atoms with Crippen LogP contribution in [0, 0.1) is 0 Å². The third-order valence-electron chi connectivity index (χ3n) is 3.34. The van der Waals surface area contributed by atoms with Crippen LogP contribution in [0.2, 0.25) is 0 Å². The number of carboxylic acid groups (broad SMARTS) is 1. The molecule has 0 bridgehead atoms. The van der Waals surface area contributed by atoms with Crippen LogP contribution in [0.1, 0.15) is 71.1 Å².